The fourth-order valence-electron chi connectivity index (χ4n) is 3.39. The number of benzene rings is 3. The van der Waals surface area contributed by atoms with E-state index in [0.29, 0.717) is 26.9 Å². The number of imide groups is 1. The first-order valence-corrected chi connectivity index (χ1v) is 11.6. The third-order valence-corrected chi connectivity index (χ3v) is 6.39. The van der Waals surface area contributed by atoms with Crippen LogP contribution >= 0.6 is 39.1 Å². The predicted octanol–water partition coefficient (Wildman–Crippen LogP) is 6.74. The minimum atomic E-state index is -0.437. The zero-order valence-corrected chi connectivity index (χ0v) is 20.7. The molecule has 0 unspecified atom stereocenters. The number of rotatable bonds is 6. The van der Waals surface area contributed by atoms with Crippen molar-refractivity contribution in [3.63, 3.8) is 0 Å². The minimum Gasteiger partial charge on any atom is -0.488 e. The topological polar surface area (TPSA) is 58.6 Å². The molecule has 168 valence electrons. The molecule has 1 aliphatic heterocycles. The van der Waals surface area contributed by atoms with Crippen LogP contribution in [0, 0.1) is 6.92 Å². The zero-order chi connectivity index (χ0) is 23.5. The molecule has 1 aliphatic rings. The molecular weight excluding hydrogens is 527 g/mol. The maximum Gasteiger partial charge on any atom is 0.329 e. The summed E-state index contributed by atoms with van der Waals surface area (Å²) in [4.78, 5) is 26.4. The quantitative estimate of drug-likeness (QED) is 0.276. The molecule has 1 heterocycles. The molecule has 3 aromatic carbocycles. The van der Waals surface area contributed by atoms with Gasteiger partial charge in [-0.1, -0.05) is 65.2 Å². The highest BCUT2D eigenvalue weighted by Crippen LogP contribution is 2.29. The van der Waals surface area contributed by atoms with Gasteiger partial charge in [0.25, 0.3) is 5.91 Å². The number of urea groups is 1. The van der Waals surface area contributed by atoms with Gasteiger partial charge in [0.1, 0.15) is 18.1 Å². The molecule has 3 aromatic rings. The van der Waals surface area contributed by atoms with Gasteiger partial charge < -0.3 is 10.1 Å². The molecular formula is C25H19BrCl2N2O3. The number of carbonyl (C=O) groups excluding carboxylic acids is 2. The Balaban J connectivity index is 1.45. The normalized spacial score (nSPS) is 14.7. The van der Waals surface area contributed by atoms with Gasteiger partial charge in [-0.3, -0.25) is 9.69 Å². The molecule has 0 radical (unpaired) electrons. The third-order valence-electron chi connectivity index (χ3n) is 5.03. The molecule has 0 aromatic heterocycles. The summed E-state index contributed by atoms with van der Waals surface area (Å²) < 4.78 is 6.57. The molecule has 0 aliphatic carbocycles. The smallest absolute Gasteiger partial charge is 0.329 e. The van der Waals surface area contributed by atoms with E-state index in [0.717, 1.165) is 22.3 Å². The van der Waals surface area contributed by atoms with Gasteiger partial charge in [-0.15, -0.1) is 0 Å². The Kier molecular flexibility index (Phi) is 7.08. The number of ether oxygens (including phenoxy) is 1. The number of aryl methyl sites for hydroxylation is 1. The van der Waals surface area contributed by atoms with Gasteiger partial charge in [0, 0.05) is 0 Å². The summed E-state index contributed by atoms with van der Waals surface area (Å²) in [6.07, 6.45) is 1.64. The average Bonchev–Trinajstić information content (AvgIpc) is 3.03. The largest absolute Gasteiger partial charge is 0.488 e. The lowest BCUT2D eigenvalue weighted by Crippen LogP contribution is -2.30. The van der Waals surface area contributed by atoms with E-state index in [-0.39, 0.29) is 18.1 Å². The second-order valence-corrected chi connectivity index (χ2v) is 9.26. The predicted molar refractivity (Wildman–Crippen MR) is 133 cm³/mol. The van der Waals surface area contributed by atoms with Gasteiger partial charge in [0.15, 0.2) is 0 Å². The highest BCUT2D eigenvalue weighted by molar-refractivity contribution is 9.10. The van der Waals surface area contributed by atoms with Crippen LogP contribution < -0.4 is 10.1 Å². The second-order valence-electron chi connectivity index (χ2n) is 7.60. The molecule has 1 fully saturated rings. The Morgan fingerprint density at radius 1 is 1.00 bits per heavy atom. The lowest BCUT2D eigenvalue weighted by Gasteiger charge is -2.12. The van der Waals surface area contributed by atoms with Crippen LogP contribution in [-0.4, -0.2) is 16.8 Å². The molecule has 3 amide bonds. The zero-order valence-electron chi connectivity index (χ0n) is 17.6. The number of hydrogen-bond donors (Lipinski definition) is 1. The van der Waals surface area contributed by atoms with Gasteiger partial charge in [0.2, 0.25) is 0 Å². The summed E-state index contributed by atoms with van der Waals surface area (Å²) in [6.45, 7) is 2.50. The van der Waals surface area contributed by atoms with Crippen molar-refractivity contribution in [2.75, 3.05) is 0 Å². The molecule has 1 N–H and O–H groups in total. The summed E-state index contributed by atoms with van der Waals surface area (Å²) in [5, 5.41) is 3.62. The van der Waals surface area contributed by atoms with Crippen LogP contribution in [0.5, 0.6) is 5.75 Å². The molecule has 0 saturated carbocycles. The standard InChI is InChI=1S/C25H19BrCl2N2O3/c1-15-3-2-4-17(9-15)13-30-24(31)22(29-25(30)32)12-16-6-8-23(19(26)10-16)33-14-18-5-7-20(27)21(28)11-18/h2-12H,13-14H2,1H3,(H,29,32)/b22-12+. The van der Waals surface area contributed by atoms with E-state index in [4.69, 9.17) is 27.9 Å². The van der Waals surface area contributed by atoms with Crippen LogP contribution in [0.15, 0.2) is 70.8 Å². The fourth-order valence-corrected chi connectivity index (χ4v) is 4.22. The van der Waals surface area contributed by atoms with Crippen molar-refractivity contribution in [1.29, 1.82) is 0 Å². The van der Waals surface area contributed by atoms with Crippen molar-refractivity contribution in [1.82, 2.24) is 10.2 Å². The molecule has 0 bridgehead atoms. The number of amides is 3. The van der Waals surface area contributed by atoms with E-state index in [1.54, 1.807) is 24.3 Å². The maximum atomic E-state index is 12.8. The van der Waals surface area contributed by atoms with Crippen molar-refractivity contribution in [2.45, 2.75) is 20.1 Å². The van der Waals surface area contributed by atoms with Gasteiger partial charge in [0.05, 0.1) is 21.1 Å². The van der Waals surface area contributed by atoms with E-state index in [1.165, 1.54) is 4.90 Å². The Hall–Kier alpha value is -2.80. The number of hydrogen-bond acceptors (Lipinski definition) is 3. The first-order chi connectivity index (χ1) is 15.8. The van der Waals surface area contributed by atoms with Crippen LogP contribution in [0.25, 0.3) is 6.08 Å². The van der Waals surface area contributed by atoms with E-state index < -0.39 is 6.03 Å². The van der Waals surface area contributed by atoms with Gasteiger partial charge in [-0.05, 0) is 69.9 Å². The van der Waals surface area contributed by atoms with Gasteiger partial charge in [-0.25, -0.2) is 4.79 Å². The number of nitrogens with one attached hydrogen (secondary N) is 1. The first kappa shape index (κ1) is 23.4. The molecule has 1 saturated heterocycles. The lowest BCUT2D eigenvalue weighted by atomic mass is 10.1. The van der Waals surface area contributed by atoms with Crippen molar-refractivity contribution in [3.8, 4) is 5.75 Å². The van der Waals surface area contributed by atoms with Crippen LogP contribution in [0.4, 0.5) is 4.79 Å². The second kappa shape index (κ2) is 10.00. The molecule has 8 heteroatoms. The Bertz CT molecular complexity index is 1280. The molecule has 33 heavy (non-hydrogen) atoms. The SMILES string of the molecule is Cc1cccc(CN2C(=O)N/C(=C/c3ccc(OCc4ccc(Cl)c(Cl)c4)c(Br)c3)C2=O)c1. The van der Waals surface area contributed by atoms with Gasteiger partial charge in [-0.2, -0.15) is 0 Å². The summed E-state index contributed by atoms with van der Waals surface area (Å²) in [5.74, 6) is 0.267. The van der Waals surface area contributed by atoms with E-state index in [1.807, 2.05) is 49.4 Å². The monoisotopic (exact) mass is 544 g/mol. The van der Waals surface area contributed by atoms with Crippen molar-refractivity contribution < 1.29 is 14.3 Å². The number of halogens is 3. The van der Waals surface area contributed by atoms with E-state index in [2.05, 4.69) is 21.2 Å². The average molecular weight is 546 g/mol. The summed E-state index contributed by atoms with van der Waals surface area (Å²) in [7, 11) is 0. The van der Waals surface area contributed by atoms with Crippen molar-refractivity contribution in [2.24, 2.45) is 0 Å². The highest BCUT2D eigenvalue weighted by Gasteiger charge is 2.33. The maximum absolute atomic E-state index is 12.8. The van der Waals surface area contributed by atoms with E-state index in [9.17, 15) is 9.59 Å². The van der Waals surface area contributed by atoms with Crippen LogP contribution in [0.3, 0.4) is 0 Å². The molecule has 0 spiro atoms. The molecule has 4 rings (SSSR count). The first-order valence-electron chi connectivity index (χ1n) is 10.1. The molecule has 5 nitrogen and oxygen atoms in total. The van der Waals surface area contributed by atoms with Crippen molar-refractivity contribution in [3.05, 3.63) is 103 Å². The van der Waals surface area contributed by atoms with Crippen LogP contribution in [0.2, 0.25) is 10.0 Å². The third kappa shape index (κ3) is 5.58. The Morgan fingerprint density at radius 2 is 1.82 bits per heavy atom. The van der Waals surface area contributed by atoms with Crippen LogP contribution in [0.1, 0.15) is 22.3 Å². The highest BCUT2D eigenvalue weighted by atomic mass is 79.9. The molecule has 0 atom stereocenters. The Labute approximate surface area is 210 Å². The lowest BCUT2D eigenvalue weighted by molar-refractivity contribution is -0.123. The Morgan fingerprint density at radius 3 is 2.55 bits per heavy atom. The summed E-state index contributed by atoms with van der Waals surface area (Å²) in [6, 6.07) is 18.0. The van der Waals surface area contributed by atoms with E-state index >= 15 is 0 Å². The number of nitrogens with zero attached hydrogens (tertiary/aromatic N) is 1. The summed E-state index contributed by atoms with van der Waals surface area (Å²) >= 11 is 15.5. The minimum absolute atomic E-state index is 0.217. The van der Waals surface area contributed by atoms with Crippen LogP contribution in [-0.2, 0) is 17.9 Å². The van der Waals surface area contributed by atoms with Gasteiger partial charge >= 0.3 is 6.03 Å². The fraction of sp³-hybridized carbons (Fsp3) is 0.120. The number of carbonyl (C=O) groups is 2. The van der Waals surface area contributed by atoms with Crippen molar-refractivity contribution >= 4 is 57.1 Å². The summed E-state index contributed by atoms with van der Waals surface area (Å²) in [5.41, 5.74) is 3.82.